The molecule has 0 bridgehead atoms. The largest absolute Gasteiger partial charge is 0.493 e. The summed E-state index contributed by atoms with van der Waals surface area (Å²) < 4.78 is 36.3. The first-order valence-corrected chi connectivity index (χ1v) is 11.7. The highest BCUT2D eigenvalue weighted by Crippen LogP contribution is 2.31. The molecule has 162 valence electrons. The summed E-state index contributed by atoms with van der Waals surface area (Å²) in [7, 11) is -1.45. The highest BCUT2D eigenvalue weighted by Gasteiger charge is 2.31. The Kier molecular flexibility index (Phi) is 5.69. The number of para-hydroxylation sites is 2. The van der Waals surface area contributed by atoms with E-state index in [2.05, 4.69) is 10.4 Å². The zero-order valence-corrected chi connectivity index (χ0v) is 18.1. The zero-order chi connectivity index (χ0) is 22.0. The number of amides is 1. The molecular formula is C22H23N3O5S. The fraction of sp³-hybridized carbons (Fsp3) is 0.273. The van der Waals surface area contributed by atoms with Crippen molar-refractivity contribution in [1.82, 2.24) is 9.78 Å². The van der Waals surface area contributed by atoms with Gasteiger partial charge in [0.05, 0.1) is 36.4 Å². The minimum atomic E-state index is -3.03. The van der Waals surface area contributed by atoms with Crippen molar-refractivity contribution in [2.45, 2.75) is 19.4 Å². The van der Waals surface area contributed by atoms with Gasteiger partial charge in [0, 0.05) is 11.4 Å². The lowest BCUT2D eigenvalue weighted by molar-refractivity contribution is 0.102. The van der Waals surface area contributed by atoms with Crippen LogP contribution < -0.4 is 14.8 Å². The van der Waals surface area contributed by atoms with Gasteiger partial charge in [-0.3, -0.25) is 9.48 Å². The Morgan fingerprint density at radius 3 is 2.48 bits per heavy atom. The molecule has 0 unspecified atom stereocenters. The Labute approximate surface area is 180 Å². The molecule has 1 aromatic heterocycles. The van der Waals surface area contributed by atoms with Crippen molar-refractivity contribution in [3.8, 4) is 17.2 Å². The molecule has 31 heavy (non-hydrogen) atoms. The predicted molar refractivity (Wildman–Crippen MR) is 117 cm³/mol. The fourth-order valence-corrected chi connectivity index (χ4v) is 5.31. The summed E-state index contributed by atoms with van der Waals surface area (Å²) in [6, 6.07) is 14.1. The van der Waals surface area contributed by atoms with E-state index in [4.69, 9.17) is 9.47 Å². The number of nitrogens with zero attached hydrogens (tertiary/aromatic N) is 2. The first kappa shape index (κ1) is 20.9. The first-order valence-electron chi connectivity index (χ1n) is 9.83. The number of sulfone groups is 1. The Balaban J connectivity index is 1.43. The van der Waals surface area contributed by atoms with E-state index >= 15 is 0 Å². The van der Waals surface area contributed by atoms with Gasteiger partial charge in [0.2, 0.25) is 0 Å². The number of ether oxygens (including phenoxy) is 2. The van der Waals surface area contributed by atoms with E-state index in [0.29, 0.717) is 40.6 Å². The van der Waals surface area contributed by atoms with Crippen LogP contribution in [0.4, 0.5) is 5.69 Å². The molecule has 2 heterocycles. The van der Waals surface area contributed by atoms with E-state index in [1.807, 2.05) is 24.3 Å². The number of carbonyl (C=O) groups excluding carboxylic acids is 1. The van der Waals surface area contributed by atoms with Crippen molar-refractivity contribution >= 4 is 21.4 Å². The van der Waals surface area contributed by atoms with Gasteiger partial charge in [0.1, 0.15) is 5.75 Å². The number of hydrogen-bond acceptors (Lipinski definition) is 6. The molecular weight excluding hydrogens is 418 g/mol. The summed E-state index contributed by atoms with van der Waals surface area (Å²) in [5.74, 6) is 1.74. The van der Waals surface area contributed by atoms with Crippen LogP contribution in [-0.2, 0) is 9.84 Å². The summed E-state index contributed by atoms with van der Waals surface area (Å²) >= 11 is 0. The van der Waals surface area contributed by atoms with Gasteiger partial charge in [-0.15, -0.1) is 0 Å². The van der Waals surface area contributed by atoms with Gasteiger partial charge in [-0.2, -0.15) is 5.10 Å². The molecule has 1 amide bonds. The van der Waals surface area contributed by atoms with Gasteiger partial charge < -0.3 is 14.8 Å². The molecule has 1 atom stereocenters. The Morgan fingerprint density at radius 2 is 1.84 bits per heavy atom. The normalized spacial score (nSPS) is 17.3. The van der Waals surface area contributed by atoms with Crippen LogP contribution in [0.15, 0.2) is 54.7 Å². The van der Waals surface area contributed by atoms with Crippen molar-refractivity contribution in [2.24, 2.45) is 0 Å². The second kappa shape index (κ2) is 8.43. The summed E-state index contributed by atoms with van der Waals surface area (Å²) in [5, 5.41) is 7.10. The predicted octanol–water partition coefficient (Wildman–Crippen LogP) is 3.60. The number of benzene rings is 2. The summed E-state index contributed by atoms with van der Waals surface area (Å²) in [5.41, 5.74) is 1.67. The monoisotopic (exact) mass is 441 g/mol. The van der Waals surface area contributed by atoms with Gasteiger partial charge in [-0.05, 0) is 49.7 Å². The van der Waals surface area contributed by atoms with E-state index in [1.165, 1.54) is 6.20 Å². The van der Waals surface area contributed by atoms with Crippen LogP contribution in [0.2, 0.25) is 0 Å². The van der Waals surface area contributed by atoms with Crippen LogP contribution in [0.25, 0.3) is 0 Å². The molecule has 0 saturated carbocycles. The van der Waals surface area contributed by atoms with Gasteiger partial charge in [0.25, 0.3) is 5.91 Å². The van der Waals surface area contributed by atoms with Crippen molar-refractivity contribution in [3.63, 3.8) is 0 Å². The SMILES string of the molecule is COc1ccccc1Oc1ccc(NC(=O)c2cnn([C@H]3CCS(=O)(=O)C3)c2C)cc1. The van der Waals surface area contributed by atoms with Crippen LogP contribution in [-0.4, -0.2) is 42.7 Å². The van der Waals surface area contributed by atoms with Gasteiger partial charge in [-0.1, -0.05) is 12.1 Å². The molecule has 1 N–H and O–H groups in total. The van der Waals surface area contributed by atoms with E-state index in [0.717, 1.165) is 0 Å². The number of methoxy groups -OCH3 is 1. The Hall–Kier alpha value is -3.33. The van der Waals surface area contributed by atoms with E-state index in [-0.39, 0.29) is 23.5 Å². The number of hydrogen-bond donors (Lipinski definition) is 1. The quantitative estimate of drug-likeness (QED) is 0.627. The van der Waals surface area contributed by atoms with Gasteiger partial charge >= 0.3 is 0 Å². The minimum Gasteiger partial charge on any atom is -0.493 e. The lowest BCUT2D eigenvalue weighted by Crippen LogP contribution is -2.16. The average molecular weight is 442 g/mol. The maximum absolute atomic E-state index is 12.7. The van der Waals surface area contributed by atoms with Gasteiger partial charge in [0.15, 0.2) is 21.3 Å². The maximum Gasteiger partial charge on any atom is 0.259 e. The van der Waals surface area contributed by atoms with Crippen molar-refractivity contribution in [1.29, 1.82) is 0 Å². The first-order chi connectivity index (χ1) is 14.9. The molecule has 0 aliphatic carbocycles. The van der Waals surface area contributed by atoms with Crippen LogP contribution in [0.1, 0.15) is 28.5 Å². The van der Waals surface area contributed by atoms with E-state index in [1.54, 1.807) is 43.0 Å². The summed E-state index contributed by atoms with van der Waals surface area (Å²) in [4.78, 5) is 12.7. The van der Waals surface area contributed by atoms with Crippen LogP contribution in [0, 0.1) is 6.92 Å². The molecule has 2 aromatic carbocycles. The van der Waals surface area contributed by atoms with Crippen molar-refractivity contribution < 1.29 is 22.7 Å². The molecule has 1 saturated heterocycles. The molecule has 3 aromatic rings. The van der Waals surface area contributed by atoms with Gasteiger partial charge in [-0.25, -0.2) is 8.42 Å². The number of nitrogens with one attached hydrogen (secondary N) is 1. The lowest BCUT2D eigenvalue weighted by Gasteiger charge is -2.12. The number of anilines is 1. The standard InChI is InChI=1S/C22H23N3O5S/c1-15-19(13-23-25(15)17-11-12-31(27,28)14-17)22(26)24-16-7-9-18(10-8-16)30-21-6-4-3-5-20(21)29-2/h3-10,13,17H,11-12,14H2,1-2H3,(H,24,26)/t17-/m0/s1. The Morgan fingerprint density at radius 1 is 1.13 bits per heavy atom. The smallest absolute Gasteiger partial charge is 0.259 e. The third-order valence-electron chi connectivity index (χ3n) is 5.25. The summed E-state index contributed by atoms with van der Waals surface area (Å²) in [6.07, 6.45) is 1.99. The number of aromatic nitrogens is 2. The molecule has 9 heteroatoms. The molecule has 1 aliphatic heterocycles. The maximum atomic E-state index is 12.7. The summed E-state index contributed by atoms with van der Waals surface area (Å²) in [6.45, 7) is 1.77. The van der Waals surface area contributed by atoms with Crippen molar-refractivity contribution in [3.05, 3.63) is 66.0 Å². The number of carbonyl (C=O) groups is 1. The van der Waals surface area contributed by atoms with Crippen LogP contribution >= 0.6 is 0 Å². The van der Waals surface area contributed by atoms with Crippen molar-refractivity contribution in [2.75, 3.05) is 23.9 Å². The third-order valence-corrected chi connectivity index (χ3v) is 7.00. The highest BCUT2D eigenvalue weighted by molar-refractivity contribution is 7.91. The molecule has 8 nitrogen and oxygen atoms in total. The Bertz CT molecular complexity index is 1200. The average Bonchev–Trinajstić information content (AvgIpc) is 3.31. The molecule has 0 radical (unpaired) electrons. The second-order valence-electron chi connectivity index (χ2n) is 7.38. The fourth-order valence-electron chi connectivity index (χ4n) is 3.62. The van der Waals surface area contributed by atoms with E-state index in [9.17, 15) is 13.2 Å². The molecule has 1 fully saturated rings. The third kappa shape index (κ3) is 4.56. The lowest BCUT2D eigenvalue weighted by atomic mass is 10.2. The van der Waals surface area contributed by atoms with Crippen LogP contribution in [0.3, 0.4) is 0 Å². The molecule has 0 spiro atoms. The van der Waals surface area contributed by atoms with Crippen LogP contribution in [0.5, 0.6) is 17.2 Å². The molecule has 1 aliphatic rings. The van der Waals surface area contributed by atoms with E-state index < -0.39 is 9.84 Å². The topological polar surface area (TPSA) is 99.5 Å². The highest BCUT2D eigenvalue weighted by atomic mass is 32.2. The minimum absolute atomic E-state index is 0.0598. The second-order valence-corrected chi connectivity index (χ2v) is 9.61. The zero-order valence-electron chi connectivity index (χ0n) is 17.2. The molecule has 4 rings (SSSR count). The number of rotatable bonds is 6.